The number of hydrogen-bond acceptors (Lipinski definition) is 2. The molecule has 1 aromatic carbocycles. The Labute approximate surface area is 100 Å². The molecule has 0 fully saturated rings. The zero-order valence-corrected chi connectivity index (χ0v) is 10.0. The number of hydrogen-bond donors (Lipinski definition) is 1. The molecular weight excluding hydrogens is 208 g/mol. The van der Waals surface area contributed by atoms with Crippen LogP contribution < -0.4 is 15.9 Å². The summed E-state index contributed by atoms with van der Waals surface area (Å²) in [5, 5.41) is 5.38. The van der Waals surface area contributed by atoms with Crippen LogP contribution in [-0.4, -0.2) is 4.98 Å². The van der Waals surface area contributed by atoms with Crippen molar-refractivity contribution in [3.8, 4) is 0 Å². The van der Waals surface area contributed by atoms with Crippen LogP contribution in [0.4, 0.5) is 11.5 Å². The Balaban J connectivity index is 2.43. The zero-order valence-electron chi connectivity index (χ0n) is 10.0. The third-order valence-electron chi connectivity index (χ3n) is 3.31. The van der Waals surface area contributed by atoms with Crippen molar-refractivity contribution in [2.24, 2.45) is 0 Å². The molecule has 2 heterocycles. The number of para-hydroxylation sites is 1. The number of nitrogens with one attached hydrogen (secondary N) is 1. The molecule has 0 saturated carbocycles. The first-order chi connectivity index (χ1) is 8.16. The molecular formula is C15H14N2. The summed E-state index contributed by atoms with van der Waals surface area (Å²) in [6.07, 6.45) is 0. The molecule has 0 amide bonds. The van der Waals surface area contributed by atoms with E-state index in [0.717, 1.165) is 22.4 Å². The minimum Gasteiger partial charge on any atom is -0.339 e. The maximum Gasteiger partial charge on any atom is 0.138 e. The van der Waals surface area contributed by atoms with Crippen molar-refractivity contribution in [2.75, 3.05) is 5.32 Å². The van der Waals surface area contributed by atoms with Crippen LogP contribution in [0.25, 0.3) is 12.2 Å². The SMILES string of the molecule is C=c1nc2c(cc1C)=C(C)c1ccccc1N2. The van der Waals surface area contributed by atoms with Crippen LogP contribution in [0.5, 0.6) is 0 Å². The molecule has 0 bridgehead atoms. The maximum atomic E-state index is 4.52. The summed E-state index contributed by atoms with van der Waals surface area (Å²) in [7, 11) is 0. The van der Waals surface area contributed by atoms with Gasteiger partial charge in [0.2, 0.25) is 0 Å². The van der Waals surface area contributed by atoms with Crippen LogP contribution in [-0.2, 0) is 0 Å². The van der Waals surface area contributed by atoms with E-state index >= 15 is 0 Å². The molecule has 2 aromatic rings. The average Bonchev–Trinajstić information content (AvgIpc) is 2.32. The monoisotopic (exact) mass is 222 g/mol. The van der Waals surface area contributed by atoms with Crippen LogP contribution in [0.15, 0.2) is 30.3 Å². The van der Waals surface area contributed by atoms with Gasteiger partial charge < -0.3 is 5.32 Å². The van der Waals surface area contributed by atoms with Gasteiger partial charge in [0.1, 0.15) is 5.82 Å². The minimum atomic E-state index is 0.837. The van der Waals surface area contributed by atoms with Gasteiger partial charge in [0.15, 0.2) is 0 Å². The van der Waals surface area contributed by atoms with Crippen molar-refractivity contribution in [3.05, 3.63) is 52.0 Å². The number of pyridine rings is 1. The molecule has 0 saturated heterocycles. The Morgan fingerprint density at radius 2 is 1.94 bits per heavy atom. The van der Waals surface area contributed by atoms with Gasteiger partial charge in [-0.05, 0) is 37.1 Å². The smallest absolute Gasteiger partial charge is 0.138 e. The van der Waals surface area contributed by atoms with Gasteiger partial charge in [-0.3, -0.25) is 0 Å². The fraction of sp³-hybridized carbons (Fsp3) is 0.133. The molecule has 1 N–H and O–H groups in total. The van der Waals surface area contributed by atoms with E-state index in [9.17, 15) is 0 Å². The van der Waals surface area contributed by atoms with E-state index in [1.807, 2.05) is 13.0 Å². The molecule has 2 nitrogen and oxygen atoms in total. The predicted molar refractivity (Wildman–Crippen MR) is 71.7 cm³/mol. The maximum absolute atomic E-state index is 4.52. The van der Waals surface area contributed by atoms with Crippen LogP contribution in [0.2, 0.25) is 0 Å². The van der Waals surface area contributed by atoms with Crippen molar-refractivity contribution in [1.29, 1.82) is 0 Å². The lowest BCUT2D eigenvalue weighted by atomic mass is 9.99. The number of rotatable bonds is 0. The van der Waals surface area contributed by atoms with Crippen molar-refractivity contribution in [2.45, 2.75) is 13.8 Å². The molecule has 0 aliphatic carbocycles. The van der Waals surface area contributed by atoms with Crippen molar-refractivity contribution in [1.82, 2.24) is 4.98 Å². The summed E-state index contributed by atoms with van der Waals surface area (Å²) in [5.74, 6) is 0.914. The fourth-order valence-corrected chi connectivity index (χ4v) is 2.22. The van der Waals surface area contributed by atoms with Crippen molar-refractivity contribution >= 4 is 23.7 Å². The molecule has 0 atom stereocenters. The van der Waals surface area contributed by atoms with E-state index in [1.165, 1.54) is 16.4 Å². The summed E-state index contributed by atoms with van der Waals surface area (Å²) >= 11 is 0. The van der Waals surface area contributed by atoms with Crippen molar-refractivity contribution < 1.29 is 0 Å². The second kappa shape index (κ2) is 3.45. The van der Waals surface area contributed by atoms with Crippen LogP contribution in [0.3, 0.4) is 0 Å². The van der Waals surface area contributed by atoms with Gasteiger partial charge in [-0.25, -0.2) is 4.98 Å². The van der Waals surface area contributed by atoms with Gasteiger partial charge in [0.25, 0.3) is 0 Å². The highest BCUT2D eigenvalue weighted by molar-refractivity contribution is 5.83. The highest BCUT2D eigenvalue weighted by atomic mass is 15.0. The minimum absolute atomic E-state index is 0.837. The Morgan fingerprint density at radius 1 is 1.18 bits per heavy atom. The van der Waals surface area contributed by atoms with E-state index in [1.54, 1.807) is 0 Å². The van der Waals surface area contributed by atoms with Gasteiger partial charge in [-0.1, -0.05) is 24.8 Å². The lowest BCUT2D eigenvalue weighted by Crippen LogP contribution is -2.25. The topological polar surface area (TPSA) is 24.9 Å². The van der Waals surface area contributed by atoms with E-state index in [2.05, 4.69) is 48.1 Å². The second-order valence-corrected chi connectivity index (χ2v) is 4.44. The molecule has 1 aromatic heterocycles. The normalized spacial score (nSPS) is 12.7. The largest absolute Gasteiger partial charge is 0.339 e. The number of nitrogens with zero attached hydrogens (tertiary/aromatic N) is 1. The molecule has 84 valence electrons. The molecule has 2 heteroatoms. The molecule has 3 rings (SSSR count). The quantitative estimate of drug-likeness (QED) is 0.738. The number of aryl methyl sites for hydroxylation is 1. The third-order valence-corrected chi connectivity index (χ3v) is 3.31. The lowest BCUT2D eigenvalue weighted by Gasteiger charge is -2.19. The third kappa shape index (κ3) is 1.45. The Bertz CT molecular complexity index is 714. The highest BCUT2D eigenvalue weighted by Crippen LogP contribution is 2.27. The first-order valence-electron chi connectivity index (χ1n) is 5.71. The molecule has 1 aliphatic rings. The summed E-state index contributed by atoms with van der Waals surface area (Å²) in [6.45, 7) is 8.14. The Morgan fingerprint density at radius 3 is 2.76 bits per heavy atom. The zero-order chi connectivity index (χ0) is 12.0. The van der Waals surface area contributed by atoms with Crippen LogP contribution >= 0.6 is 0 Å². The standard InChI is InChI=1S/C15H14N2/c1-9-8-13-10(2)12-6-4-5-7-14(12)17-15(13)16-11(9)3/h4-8H,3H2,1-2H3,(H,16,17). The van der Waals surface area contributed by atoms with E-state index in [4.69, 9.17) is 0 Å². The Kier molecular flexibility index (Phi) is 2.05. The van der Waals surface area contributed by atoms with Gasteiger partial charge in [0.05, 0.1) is 5.35 Å². The first-order valence-corrected chi connectivity index (χ1v) is 5.71. The number of fused-ring (bicyclic) bond motifs is 2. The molecule has 0 unspecified atom stereocenters. The second-order valence-electron chi connectivity index (χ2n) is 4.44. The first kappa shape index (κ1) is 10.1. The number of benzene rings is 1. The molecule has 17 heavy (non-hydrogen) atoms. The summed E-state index contributed by atoms with van der Waals surface area (Å²) in [4.78, 5) is 4.52. The summed E-state index contributed by atoms with van der Waals surface area (Å²) in [6, 6.07) is 10.5. The Hall–Kier alpha value is -2.09. The van der Waals surface area contributed by atoms with Gasteiger partial charge in [-0.2, -0.15) is 0 Å². The molecule has 0 radical (unpaired) electrons. The summed E-state index contributed by atoms with van der Waals surface area (Å²) < 4.78 is 0. The van der Waals surface area contributed by atoms with E-state index < -0.39 is 0 Å². The van der Waals surface area contributed by atoms with Crippen LogP contribution in [0.1, 0.15) is 18.1 Å². The van der Waals surface area contributed by atoms with Crippen LogP contribution in [0, 0.1) is 6.92 Å². The summed E-state index contributed by atoms with van der Waals surface area (Å²) in [5.41, 5.74) is 4.76. The van der Waals surface area contributed by atoms with Gasteiger partial charge in [0, 0.05) is 16.5 Å². The van der Waals surface area contributed by atoms with Crippen molar-refractivity contribution in [3.63, 3.8) is 0 Å². The molecule has 1 aliphatic heterocycles. The molecule has 0 spiro atoms. The number of anilines is 2. The van der Waals surface area contributed by atoms with E-state index in [-0.39, 0.29) is 0 Å². The predicted octanol–water partition coefficient (Wildman–Crippen LogP) is 2.08. The average molecular weight is 222 g/mol. The highest BCUT2D eigenvalue weighted by Gasteiger charge is 2.13. The lowest BCUT2D eigenvalue weighted by molar-refractivity contribution is 1.16. The fourth-order valence-electron chi connectivity index (χ4n) is 2.22. The van der Waals surface area contributed by atoms with Gasteiger partial charge >= 0.3 is 0 Å². The number of aromatic nitrogens is 1. The van der Waals surface area contributed by atoms with Gasteiger partial charge in [-0.15, -0.1) is 0 Å². The van der Waals surface area contributed by atoms with E-state index in [0.29, 0.717) is 0 Å².